The zero-order chi connectivity index (χ0) is 21.5. The number of hydrogen-bond acceptors (Lipinski definition) is 6. The van der Waals surface area contributed by atoms with Crippen LogP contribution in [0.4, 0.5) is 19.4 Å². The first-order chi connectivity index (χ1) is 13.3. The predicted octanol–water partition coefficient (Wildman–Crippen LogP) is 3.26. The van der Waals surface area contributed by atoms with Crippen LogP contribution in [-0.2, 0) is 4.79 Å². The van der Waals surface area contributed by atoms with E-state index in [2.05, 4.69) is 25.4 Å². The second-order valence-electron chi connectivity index (χ2n) is 6.13. The Morgan fingerprint density at radius 2 is 1.97 bits per heavy atom. The number of ketones is 1. The summed E-state index contributed by atoms with van der Waals surface area (Å²) in [6.45, 7) is -0.715. The van der Waals surface area contributed by atoms with Crippen LogP contribution in [0.2, 0.25) is 0 Å². The molecule has 0 saturated carbocycles. The summed E-state index contributed by atoms with van der Waals surface area (Å²) in [5, 5.41) is 13.6. The first-order valence-electron chi connectivity index (χ1n) is 7.95. The number of halogens is 5. The Hall–Kier alpha value is -3.03. The van der Waals surface area contributed by atoms with Gasteiger partial charge in [-0.05, 0) is 12.1 Å². The normalized spacial score (nSPS) is 18.3. The van der Waals surface area contributed by atoms with E-state index in [9.17, 15) is 29.0 Å². The van der Waals surface area contributed by atoms with E-state index >= 15 is 0 Å². The van der Waals surface area contributed by atoms with Crippen LogP contribution in [-0.4, -0.2) is 46.4 Å². The van der Waals surface area contributed by atoms with Gasteiger partial charge in [-0.15, -0.1) is 10.2 Å². The molecule has 1 amide bonds. The average Bonchev–Trinajstić information content (AvgIpc) is 3.12. The quantitative estimate of drug-likeness (QED) is 0.550. The van der Waals surface area contributed by atoms with E-state index in [0.29, 0.717) is 0 Å². The van der Waals surface area contributed by atoms with Crippen LogP contribution < -0.4 is 10.1 Å². The number of nitrogens with zero attached hydrogens (tertiary/aromatic N) is 4. The van der Waals surface area contributed by atoms with Crippen molar-refractivity contribution in [3.63, 3.8) is 0 Å². The highest BCUT2D eigenvalue weighted by atomic mass is 32.5. The third-order valence-electron chi connectivity index (χ3n) is 4.04. The Labute approximate surface area is 160 Å². The summed E-state index contributed by atoms with van der Waals surface area (Å²) in [5.74, 6) is -2.81. The van der Waals surface area contributed by atoms with Crippen LogP contribution >= 0.6 is 10.2 Å². The van der Waals surface area contributed by atoms with Crippen molar-refractivity contribution < 1.29 is 33.8 Å². The van der Waals surface area contributed by atoms with Gasteiger partial charge in [-0.2, -0.15) is 5.10 Å². The number of nitrogens with one attached hydrogen (secondary N) is 1. The van der Waals surface area contributed by atoms with Crippen LogP contribution in [0, 0.1) is 0 Å². The summed E-state index contributed by atoms with van der Waals surface area (Å²) in [5.41, 5.74) is -0.679. The second-order valence-corrected chi connectivity index (χ2v) is 8.54. The first kappa shape index (κ1) is 20.7. The van der Waals surface area contributed by atoms with Crippen LogP contribution in [0.1, 0.15) is 28.5 Å². The van der Waals surface area contributed by atoms with Crippen LogP contribution in [0.3, 0.4) is 0 Å². The molecule has 1 atom stereocenters. The molecule has 1 unspecified atom stereocenters. The van der Waals surface area contributed by atoms with Gasteiger partial charge in [-0.25, -0.2) is 4.68 Å². The molecule has 14 heteroatoms. The summed E-state index contributed by atoms with van der Waals surface area (Å²) >= 11 is 0. The molecule has 0 spiro atoms. The number of ether oxygens (including phenoxy) is 1. The third kappa shape index (κ3) is 4.52. The molecule has 0 saturated heterocycles. The molecule has 8 nitrogen and oxygen atoms in total. The fourth-order valence-electron chi connectivity index (χ4n) is 2.59. The number of methoxy groups -OCH3 is 1. The molecule has 0 bridgehead atoms. The molecule has 158 valence electrons. The highest BCUT2D eigenvalue weighted by Crippen LogP contribution is 3.02. The van der Waals surface area contributed by atoms with Crippen molar-refractivity contribution in [3.05, 3.63) is 35.9 Å². The van der Waals surface area contributed by atoms with Crippen molar-refractivity contribution in [1.29, 1.82) is 0 Å². The molecule has 29 heavy (non-hydrogen) atoms. The molecule has 0 fully saturated rings. The van der Waals surface area contributed by atoms with Gasteiger partial charge in [0.05, 0.1) is 13.7 Å². The Morgan fingerprint density at radius 3 is 2.62 bits per heavy atom. The Kier molecular flexibility index (Phi) is 4.45. The average molecular weight is 439 g/mol. The molecule has 1 aromatic carbocycles. The first-order valence-corrected chi connectivity index (χ1v) is 9.90. The van der Waals surface area contributed by atoms with Crippen LogP contribution in [0.5, 0.6) is 5.75 Å². The van der Waals surface area contributed by atoms with Gasteiger partial charge >= 0.3 is 10.2 Å². The number of hydrogen-bond donors (Lipinski definition) is 1. The van der Waals surface area contributed by atoms with E-state index in [1.807, 2.05) is 0 Å². The molecule has 1 N–H and O–H groups in total. The predicted molar refractivity (Wildman–Crippen MR) is 93.0 cm³/mol. The van der Waals surface area contributed by atoms with Crippen molar-refractivity contribution in [3.8, 4) is 5.75 Å². The smallest absolute Gasteiger partial charge is 0.310 e. The van der Waals surface area contributed by atoms with Gasteiger partial charge in [0.15, 0.2) is 11.6 Å². The highest BCUT2D eigenvalue weighted by Gasteiger charge is 2.65. The molecule has 0 radical (unpaired) electrons. The lowest BCUT2D eigenvalue weighted by Crippen LogP contribution is -2.35. The monoisotopic (exact) mass is 439 g/mol. The van der Waals surface area contributed by atoms with Crippen molar-refractivity contribution in [2.45, 2.75) is 17.2 Å². The Morgan fingerprint density at radius 1 is 1.24 bits per heavy atom. The zero-order valence-electron chi connectivity index (χ0n) is 14.7. The lowest BCUT2D eigenvalue weighted by molar-refractivity contribution is -0.122. The largest absolute Gasteiger partial charge is 0.497 e. The van der Waals surface area contributed by atoms with Gasteiger partial charge in [-0.3, -0.25) is 9.59 Å². The lowest BCUT2D eigenvalue weighted by Gasteiger charge is -2.40. The molecule has 2 heterocycles. The maximum Gasteiger partial charge on any atom is 0.310 e. The van der Waals surface area contributed by atoms with E-state index < -0.39 is 50.6 Å². The molecular weight excluding hydrogens is 425 g/mol. The number of amides is 1. The Balaban J connectivity index is 1.78. The summed E-state index contributed by atoms with van der Waals surface area (Å²) in [4.78, 5) is 22.3. The molecule has 2 aromatic rings. The second kappa shape index (κ2) is 6.23. The van der Waals surface area contributed by atoms with Crippen LogP contribution in [0.25, 0.3) is 0 Å². The van der Waals surface area contributed by atoms with E-state index in [1.165, 1.54) is 17.2 Å². The molecule has 3 rings (SSSR count). The van der Waals surface area contributed by atoms with Crippen molar-refractivity contribution in [2.24, 2.45) is 5.10 Å². The maximum atomic E-state index is 13.1. The zero-order valence-corrected chi connectivity index (χ0v) is 15.5. The van der Waals surface area contributed by atoms with Crippen molar-refractivity contribution >= 4 is 28.1 Å². The van der Waals surface area contributed by atoms with Gasteiger partial charge < -0.3 is 10.1 Å². The number of rotatable bonds is 6. The summed E-state index contributed by atoms with van der Waals surface area (Å²) < 4.78 is 71.4. The van der Waals surface area contributed by atoms with Gasteiger partial charge in [-0.1, -0.05) is 19.4 Å². The maximum absolute atomic E-state index is 13.1. The van der Waals surface area contributed by atoms with Gasteiger partial charge in [0.25, 0.3) is 0 Å². The number of Topliss-reactive ketones (excluding diaryl/α,β-unsaturated/α-hetero) is 1. The third-order valence-corrected chi connectivity index (χ3v) is 5.16. The summed E-state index contributed by atoms with van der Waals surface area (Å²) in [7, 11) is -9.06. The molecule has 1 aromatic heterocycles. The molecule has 1 aliphatic rings. The lowest BCUT2D eigenvalue weighted by atomic mass is 10.0. The number of benzene rings is 1. The number of fused-ring (bicyclic) bond motifs is 1. The van der Waals surface area contributed by atoms with E-state index in [4.69, 9.17) is 0 Å². The molecule has 0 aliphatic carbocycles. The van der Waals surface area contributed by atoms with Gasteiger partial charge in [0.2, 0.25) is 5.91 Å². The molecule has 1 aliphatic heterocycles. The topological polar surface area (TPSA) is 98.5 Å². The highest BCUT2D eigenvalue weighted by molar-refractivity contribution is 8.45. The minimum absolute atomic E-state index is 0.0441. The standard InChI is InChI=1S/C15H14F5N5O3S/c1-28-10-4-9(5-11(6-10)29(16,17,18,19)20)13(26)7-21-15(27)12-2-3-23-25-8-22-24-14(12)25/h3-6,8,12H,2,7H2,1H3,(H,21,27). The SMILES string of the molecule is COc1cc(C(=O)CNC(=O)C2CC=Nn3cnnc32)cc(S(F)(F)(F)(F)F)c1. The van der Waals surface area contributed by atoms with Gasteiger partial charge in [0.1, 0.15) is 22.9 Å². The fraction of sp³-hybridized carbons (Fsp3) is 0.267. The number of aromatic nitrogens is 3. The van der Waals surface area contributed by atoms with Crippen LogP contribution in [0.15, 0.2) is 34.5 Å². The summed E-state index contributed by atoms with van der Waals surface area (Å²) in [6, 6.07) is 1.04. The number of carbonyl (C=O) groups is 2. The van der Waals surface area contributed by atoms with E-state index in [0.717, 1.165) is 13.2 Å². The minimum Gasteiger partial charge on any atom is -0.497 e. The van der Waals surface area contributed by atoms with E-state index in [1.54, 1.807) is 0 Å². The van der Waals surface area contributed by atoms with Gasteiger partial charge in [0, 0.05) is 24.3 Å². The number of carbonyl (C=O) groups excluding carboxylic acids is 2. The summed E-state index contributed by atoms with van der Waals surface area (Å²) in [6.07, 6.45) is 2.88. The molecular formula is C15H14F5N5O3S. The Bertz CT molecular complexity index is 1020. The van der Waals surface area contributed by atoms with Crippen molar-refractivity contribution in [1.82, 2.24) is 20.2 Å². The van der Waals surface area contributed by atoms with Crippen molar-refractivity contribution in [2.75, 3.05) is 13.7 Å². The van der Waals surface area contributed by atoms with E-state index in [-0.39, 0.29) is 24.4 Å². The fourth-order valence-corrected chi connectivity index (χ4v) is 3.28. The minimum atomic E-state index is -10.0.